The molecule has 0 saturated carbocycles. The Bertz CT molecular complexity index is 1550. The molecule has 3 aromatic carbocycles. The first kappa shape index (κ1) is 29.3. The zero-order valence-corrected chi connectivity index (χ0v) is 24.4. The molecule has 2 fully saturated rings. The number of nitrogens with one attached hydrogen (secondary N) is 1. The van der Waals surface area contributed by atoms with Gasteiger partial charge in [-0.3, -0.25) is 9.59 Å². The second-order valence-corrected chi connectivity index (χ2v) is 12.8. The van der Waals surface area contributed by atoms with Crippen molar-refractivity contribution in [3.63, 3.8) is 0 Å². The fourth-order valence-electron chi connectivity index (χ4n) is 5.20. The van der Waals surface area contributed by atoms with Crippen molar-refractivity contribution >= 4 is 56.4 Å². The number of sulfonamides is 1. The molecule has 216 valence electrons. The van der Waals surface area contributed by atoms with Gasteiger partial charge in [0.15, 0.2) is 0 Å². The first-order valence-electron chi connectivity index (χ1n) is 13.3. The molecule has 0 aromatic heterocycles. The SMILES string of the molecule is O=C(Nc1ccc(Cl)cc1Cl)C1CCCCN1C(=O)c1cccc(S(=O)(=O)N2CCN(c3ccc(F)cc3)CC2)c1. The number of piperidine rings is 1. The van der Waals surface area contributed by atoms with Crippen LogP contribution >= 0.6 is 23.2 Å². The molecule has 0 radical (unpaired) electrons. The molecular weight excluding hydrogens is 590 g/mol. The highest BCUT2D eigenvalue weighted by atomic mass is 35.5. The number of rotatable bonds is 6. The number of nitrogens with zero attached hydrogens (tertiary/aromatic N) is 3. The number of carbonyl (C=O) groups is 2. The maximum atomic E-state index is 13.6. The average molecular weight is 620 g/mol. The third-order valence-electron chi connectivity index (χ3n) is 7.40. The number of amides is 2. The molecule has 2 heterocycles. The lowest BCUT2D eigenvalue weighted by molar-refractivity contribution is -0.121. The molecule has 0 bridgehead atoms. The van der Waals surface area contributed by atoms with Crippen LogP contribution in [0, 0.1) is 5.82 Å². The Balaban J connectivity index is 1.29. The number of benzene rings is 3. The monoisotopic (exact) mass is 618 g/mol. The molecule has 12 heteroatoms. The predicted octanol–water partition coefficient (Wildman–Crippen LogP) is 5.28. The summed E-state index contributed by atoms with van der Waals surface area (Å²) in [7, 11) is -3.87. The largest absolute Gasteiger partial charge is 0.369 e. The van der Waals surface area contributed by atoms with Gasteiger partial charge < -0.3 is 15.1 Å². The van der Waals surface area contributed by atoms with Crippen molar-refractivity contribution < 1.29 is 22.4 Å². The first-order valence-corrected chi connectivity index (χ1v) is 15.5. The summed E-state index contributed by atoms with van der Waals surface area (Å²) >= 11 is 12.2. The molecule has 1 unspecified atom stereocenters. The van der Waals surface area contributed by atoms with Crippen LogP contribution in [0.15, 0.2) is 71.6 Å². The van der Waals surface area contributed by atoms with Crippen LogP contribution in [-0.2, 0) is 14.8 Å². The summed E-state index contributed by atoms with van der Waals surface area (Å²) in [5.74, 6) is -1.11. The van der Waals surface area contributed by atoms with Gasteiger partial charge in [0.1, 0.15) is 11.9 Å². The fourth-order valence-corrected chi connectivity index (χ4v) is 7.12. The topological polar surface area (TPSA) is 90.0 Å². The van der Waals surface area contributed by atoms with E-state index in [4.69, 9.17) is 23.2 Å². The van der Waals surface area contributed by atoms with Gasteiger partial charge in [-0.1, -0.05) is 29.3 Å². The van der Waals surface area contributed by atoms with Crippen LogP contribution in [0.25, 0.3) is 0 Å². The summed E-state index contributed by atoms with van der Waals surface area (Å²) in [6, 6.07) is 16.1. The van der Waals surface area contributed by atoms with Crippen molar-refractivity contribution in [2.75, 3.05) is 42.9 Å². The molecule has 2 saturated heterocycles. The number of piperazine rings is 1. The van der Waals surface area contributed by atoms with E-state index >= 15 is 0 Å². The van der Waals surface area contributed by atoms with Crippen molar-refractivity contribution in [2.45, 2.75) is 30.2 Å². The molecule has 1 N–H and O–H groups in total. The van der Waals surface area contributed by atoms with E-state index in [0.717, 1.165) is 18.5 Å². The van der Waals surface area contributed by atoms with Crippen molar-refractivity contribution in [2.24, 2.45) is 0 Å². The summed E-state index contributed by atoms with van der Waals surface area (Å²) in [6.45, 7) is 1.77. The van der Waals surface area contributed by atoms with E-state index in [0.29, 0.717) is 36.8 Å². The normalized spacial score (nSPS) is 18.3. The minimum Gasteiger partial charge on any atom is -0.369 e. The number of halogens is 3. The number of hydrogen-bond acceptors (Lipinski definition) is 5. The van der Waals surface area contributed by atoms with Gasteiger partial charge in [0.25, 0.3) is 5.91 Å². The minimum atomic E-state index is -3.87. The van der Waals surface area contributed by atoms with E-state index in [1.54, 1.807) is 36.4 Å². The van der Waals surface area contributed by atoms with Crippen LogP contribution in [0.2, 0.25) is 10.0 Å². The van der Waals surface area contributed by atoms with Gasteiger partial charge >= 0.3 is 0 Å². The van der Waals surface area contributed by atoms with Crippen molar-refractivity contribution in [3.05, 3.63) is 88.2 Å². The Morgan fingerprint density at radius 1 is 0.878 bits per heavy atom. The van der Waals surface area contributed by atoms with Crippen LogP contribution in [0.3, 0.4) is 0 Å². The molecular formula is C29H29Cl2FN4O4S. The average Bonchev–Trinajstić information content (AvgIpc) is 2.98. The molecule has 1 atom stereocenters. The van der Waals surface area contributed by atoms with Crippen molar-refractivity contribution in [1.82, 2.24) is 9.21 Å². The van der Waals surface area contributed by atoms with Crippen molar-refractivity contribution in [3.8, 4) is 0 Å². The highest BCUT2D eigenvalue weighted by Gasteiger charge is 2.34. The van der Waals surface area contributed by atoms with Crippen LogP contribution in [-0.4, -0.2) is 68.2 Å². The predicted molar refractivity (Wildman–Crippen MR) is 158 cm³/mol. The Kier molecular flexibility index (Phi) is 8.84. The van der Waals surface area contributed by atoms with E-state index in [1.165, 1.54) is 39.5 Å². The maximum Gasteiger partial charge on any atom is 0.254 e. The third-order valence-corrected chi connectivity index (χ3v) is 9.85. The Morgan fingerprint density at radius 3 is 2.32 bits per heavy atom. The maximum absolute atomic E-state index is 13.6. The van der Waals surface area contributed by atoms with E-state index in [9.17, 15) is 22.4 Å². The zero-order chi connectivity index (χ0) is 29.1. The molecule has 2 amide bonds. The van der Waals surface area contributed by atoms with E-state index in [-0.39, 0.29) is 40.3 Å². The van der Waals surface area contributed by atoms with E-state index < -0.39 is 22.0 Å². The van der Waals surface area contributed by atoms with Crippen LogP contribution in [0.4, 0.5) is 15.8 Å². The minimum absolute atomic E-state index is 0.0181. The lowest BCUT2D eigenvalue weighted by Crippen LogP contribution is -2.50. The van der Waals surface area contributed by atoms with Crippen LogP contribution in [0.1, 0.15) is 29.6 Å². The second kappa shape index (κ2) is 12.4. The van der Waals surface area contributed by atoms with E-state index in [1.807, 2.05) is 4.90 Å². The molecule has 0 aliphatic carbocycles. The summed E-state index contributed by atoms with van der Waals surface area (Å²) in [5, 5.41) is 3.52. The Hall–Kier alpha value is -3.18. The summed E-state index contributed by atoms with van der Waals surface area (Å²) in [4.78, 5) is 30.3. The van der Waals surface area contributed by atoms with E-state index in [2.05, 4.69) is 5.32 Å². The molecule has 41 heavy (non-hydrogen) atoms. The van der Waals surface area contributed by atoms with Gasteiger partial charge in [-0.05, 0) is 79.9 Å². The van der Waals surface area contributed by atoms with Crippen LogP contribution in [0.5, 0.6) is 0 Å². The van der Waals surface area contributed by atoms with Gasteiger partial charge in [-0.25, -0.2) is 12.8 Å². The number of hydrogen-bond donors (Lipinski definition) is 1. The molecule has 3 aromatic rings. The number of anilines is 2. The highest BCUT2D eigenvalue weighted by Crippen LogP contribution is 2.28. The quantitative estimate of drug-likeness (QED) is 0.406. The lowest BCUT2D eigenvalue weighted by atomic mass is 10.00. The molecule has 5 rings (SSSR count). The first-order chi connectivity index (χ1) is 19.6. The van der Waals surface area contributed by atoms with Gasteiger partial charge in [0, 0.05) is 49.0 Å². The third kappa shape index (κ3) is 6.51. The Labute approximate surface area is 248 Å². The Morgan fingerprint density at radius 2 is 1.61 bits per heavy atom. The molecule has 2 aliphatic heterocycles. The van der Waals surface area contributed by atoms with Crippen LogP contribution < -0.4 is 10.2 Å². The summed E-state index contributed by atoms with van der Waals surface area (Å²) in [6.07, 6.45) is 1.97. The smallest absolute Gasteiger partial charge is 0.254 e. The summed E-state index contributed by atoms with van der Waals surface area (Å²) < 4.78 is 41.7. The van der Waals surface area contributed by atoms with Gasteiger partial charge in [-0.15, -0.1) is 0 Å². The van der Waals surface area contributed by atoms with Gasteiger partial charge in [-0.2, -0.15) is 4.31 Å². The lowest BCUT2D eigenvalue weighted by Gasteiger charge is -2.36. The van der Waals surface area contributed by atoms with Gasteiger partial charge in [0.2, 0.25) is 15.9 Å². The molecule has 2 aliphatic rings. The van der Waals surface area contributed by atoms with Crippen molar-refractivity contribution in [1.29, 1.82) is 0 Å². The standard InChI is InChI=1S/C29H29Cl2FN4O4S/c30-21-7-12-26(25(31)19-21)33-28(37)27-6-1-2-13-36(27)29(38)20-4-3-5-24(18-20)41(39,40)35-16-14-34(15-17-35)23-10-8-22(32)9-11-23/h3-5,7-12,18-19,27H,1-2,6,13-17H2,(H,33,37). The summed E-state index contributed by atoms with van der Waals surface area (Å²) in [5.41, 5.74) is 1.42. The number of likely N-dealkylation sites (tertiary alicyclic amines) is 1. The molecule has 8 nitrogen and oxygen atoms in total. The zero-order valence-electron chi connectivity index (χ0n) is 22.1. The molecule has 0 spiro atoms. The number of carbonyl (C=O) groups excluding carboxylic acids is 2. The highest BCUT2D eigenvalue weighted by molar-refractivity contribution is 7.89. The fraction of sp³-hybridized carbons (Fsp3) is 0.310. The van der Waals surface area contributed by atoms with Gasteiger partial charge in [0.05, 0.1) is 15.6 Å². The second-order valence-electron chi connectivity index (χ2n) is 10.0.